The van der Waals surface area contributed by atoms with Gasteiger partial charge in [0.15, 0.2) is 0 Å². The third-order valence-corrected chi connectivity index (χ3v) is 3.55. The van der Waals surface area contributed by atoms with Gasteiger partial charge in [-0.25, -0.2) is 4.68 Å². The number of para-hydroxylation sites is 2. The summed E-state index contributed by atoms with van der Waals surface area (Å²) in [5.41, 5.74) is 8.36. The molecule has 2 N–H and O–H groups in total. The Balaban J connectivity index is 2.13. The lowest BCUT2D eigenvalue weighted by molar-refractivity contribution is -0.384. The lowest BCUT2D eigenvalue weighted by Crippen LogP contribution is -2.00. The van der Waals surface area contributed by atoms with Gasteiger partial charge in [-0.1, -0.05) is 12.1 Å². The van der Waals surface area contributed by atoms with Crippen LogP contribution in [0.25, 0.3) is 16.9 Å². The molecule has 6 nitrogen and oxygen atoms in total. The molecule has 0 radical (unpaired) electrons. The summed E-state index contributed by atoms with van der Waals surface area (Å²) in [5, 5.41) is 19.3. The summed E-state index contributed by atoms with van der Waals surface area (Å²) in [5.74, 6) is 0. The van der Waals surface area contributed by atoms with Crippen LogP contribution in [0.5, 0.6) is 0 Å². The summed E-state index contributed by atoms with van der Waals surface area (Å²) in [4.78, 5) is 10.6. The number of thiophene rings is 1. The molecule has 2 aromatic heterocycles. The fourth-order valence-electron chi connectivity index (χ4n) is 1.95. The SMILES string of the molecule is Nc1cn(-c2ccccc2[N+](=O)[O-])nc1-c1ccsc1. The topological polar surface area (TPSA) is 87.0 Å². The highest BCUT2D eigenvalue weighted by atomic mass is 32.1. The zero-order chi connectivity index (χ0) is 14.1. The van der Waals surface area contributed by atoms with Crippen molar-refractivity contribution in [1.82, 2.24) is 9.78 Å². The molecule has 0 atom stereocenters. The molecular formula is C13H10N4O2S. The third kappa shape index (κ3) is 2.04. The zero-order valence-electron chi connectivity index (χ0n) is 10.3. The van der Waals surface area contributed by atoms with Crippen LogP contribution < -0.4 is 5.73 Å². The molecule has 20 heavy (non-hydrogen) atoms. The van der Waals surface area contributed by atoms with E-state index in [4.69, 9.17) is 5.73 Å². The molecule has 0 fully saturated rings. The number of anilines is 1. The number of rotatable bonds is 3. The molecule has 0 aliphatic rings. The molecule has 3 rings (SSSR count). The van der Waals surface area contributed by atoms with E-state index in [2.05, 4.69) is 5.10 Å². The first-order valence-electron chi connectivity index (χ1n) is 5.78. The summed E-state index contributed by atoms with van der Waals surface area (Å²) < 4.78 is 1.44. The first-order chi connectivity index (χ1) is 9.66. The van der Waals surface area contributed by atoms with Crippen LogP contribution in [0, 0.1) is 10.1 Å². The molecule has 0 bridgehead atoms. The molecule has 0 spiro atoms. The molecule has 2 heterocycles. The summed E-state index contributed by atoms with van der Waals surface area (Å²) in [6.07, 6.45) is 1.59. The van der Waals surface area contributed by atoms with E-state index in [0.29, 0.717) is 17.1 Å². The van der Waals surface area contributed by atoms with Crippen molar-refractivity contribution in [3.05, 3.63) is 57.4 Å². The maximum atomic E-state index is 11.1. The van der Waals surface area contributed by atoms with Crippen molar-refractivity contribution in [2.75, 3.05) is 5.73 Å². The Kier molecular flexibility index (Phi) is 2.96. The van der Waals surface area contributed by atoms with Gasteiger partial charge < -0.3 is 5.73 Å². The van der Waals surface area contributed by atoms with Crippen molar-refractivity contribution in [1.29, 1.82) is 0 Å². The normalized spacial score (nSPS) is 10.6. The van der Waals surface area contributed by atoms with Crippen molar-refractivity contribution < 1.29 is 4.92 Å². The predicted octanol–water partition coefficient (Wildman–Crippen LogP) is 3.09. The van der Waals surface area contributed by atoms with Crippen LogP contribution in [-0.4, -0.2) is 14.7 Å². The molecular weight excluding hydrogens is 276 g/mol. The summed E-state index contributed by atoms with van der Waals surface area (Å²) >= 11 is 1.54. The average Bonchev–Trinajstić information content (AvgIpc) is 3.07. The van der Waals surface area contributed by atoms with Crippen molar-refractivity contribution >= 4 is 22.7 Å². The number of nitrogens with two attached hydrogens (primary N) is 1. The van der Waals surface area contributed by atoms with E-state index in [1.807, 2.05) is 16.8 Å². The Labute approximate surface area is 118 Å². The second kappa shape index (κ2) is 4.78. The first kappa shape index (κ1) is 12.4. The van der Waals surface area contributed by atoms with Gasteiger partial charge in [-0.05, 0) is 17.5 Å². The van der Waals surface area contributed by atoms with Crippen molar-refractivity contribution in [3.63, 3.8) is 0 Å². The van der Waals surface area contributed by atoms with Gasteiger partial charge in [-0.15, -0.1) is 0 Å². The van der Waals surface area contributed by atoms with E-state index in [0.717, 1.165) is 5.56 Å². The van der Waals surface area contributed by atoms with E-state index >= 15 is 0 Å². The summed E-state index contributed by atoms with van der Waals surface area (Å²) in [7, 11) is 0. The summed E-state index contributed by atoms with van der Waals surface area (Å²) in [6, 6.07) is 8.34. The number of nitrogen functional groups attached to an aromatic ring is 1. The molecule has 100 valence electrons. The maximum Gasteiger partial charge on any atom is 0.294 e. The van der Waals surface area contributed by atoms with E-state index in [9.17, 15) is 10.1 Å². The number of aromatic nitrogens is 2. The van der Waals surface area contributed by atoms with E-state index in [-0.39, 0.29) is 5.69 Å². The molecule has 0 unspecified atom stereocenters. The third-order valence-electron chi connectivity index (χ3n) is 2.86. The van der Waals surface area contributed by atoms with Crippen LogP contribution in [0.1, 0.15) is 0 Å². The number of hydrogen-bond donors (Lipinski definition) is 1. The van der Waals surface area contributed by atoms with Gasteiger partial charge in [0, 0.05) is 17.0 Å². The lowest BCUT2D eigenvalue weighted by Gasteiger charge is -2.01. The predicted molar refractivity (Wildman–Crippen MR) is 77.9 cm³/mol. The highest BCUT2D eigenvalue weighted by Crippen LogP contribution is 2.29. The Morgan fingerprint density at radius 2 is 2.10 bits per heavy atom. The standard InChI is InChI=1S/C13H10N4O2S/c14-10-7-16(15-13(10)9-5-6-20-8-9)11-3-1-2-4-12(11)17(18)19/h1-8H,14H2. The molecule has 0 amide bonds. The van der Waals surface area contributed by atoms with E-state index in [1.165, 1.54) is 10.7 Å². The molecule has 0 aliphatic carbocycles. The number of benzene rings is 1. The fourth-order valence-corrected chi connectivity index (χ4v) is 2.59. The van der Waals surface area contributed by atoms with E-state index in [1.54, 1.807) is 35.7 Å². The number of nitro benzene ring substituents is 1. The number of nitrogens with zero attached hydrogens (tertiary/aromatic N) is 3. The minimum atomic E-state index is -0.433. The van der Waals surface area contributed by atoms with Crippen LogP contribution >= 0.6 is 11.3 Å². The highest BCUT2D eigenvalue weighted by molar-refractivity contribution is 7.08. The second-order valence-corrected chi connectivity index (χ2v) is 4.92. The van der Waals surface area contributed by atoms with Crippen LogP contribution in [-0.2, 0) is 0 Å². The Bertz CT molecular complexity index is 765. The van der Waals surface area contributed by atoms with Crippen LogP contribution in [0.15, 0.2) is 47.3 Å². The van der Waals surface area contributed by atoms with Crippen molar-refractivity contribution in [2.45, 2.75) is 0 Å². The maximum absolute atomic E-state index is 11.1. The fraction of sp³-hybridized carbons (Fsp3) is 0. The van der Waals surface area contributed by atoms with Gasteiger partial charge in [-0.3, -0.25) is 10.1 Å². The molecule has 3 aromatic rings. The Morgan fingerprint density at radius 1 is 1.30 bits per heavy atom. The van der Waals surface area contributed by atoms with Gasteiger partial charge in [0.1, 0.15) is 11.4 Å². The van der Waals surface area contributed by atoms with Gasteiger partial charge in [0.2, 0.25) is 0 Å². The Morgan fingerprint density at radius 3 is 2.80 bits per heavy atom. The van der Waals surface area contributed by atoms with E-state index < -0.39 is 4.92 Å². The molecule has 0 aliphatic heterocycles. The lowest BCUT2D eigenvalue weighted by atomic mass is 10.2. The molecule has 0 saturated heterocycles. The van der Waals surface area contributed by atoms with Crippen LogP contribution in [0.4, 0.5) is 11.4 Å². The molecule has 7 heteroatoms. The van der Waals surface area contributed by atoms with Gasteiger partial charge in [-0.2, -0.15) is 16.4 Å². The van der Waals surface area contributed by atoms with Gasteiger partial charge in [0.25, 0.3) is 5.69 Å². The highest BCUT2D eigenvalue weighted by Gasteiger charge is 2.17. The average molecular weight is 286 g/mol. The van der Waals surface area contributed by atoms with Crippen molar-refractivity contribution in [2.24, 2.45) is 0 Å². The monoisotopic (exact) mass is 286 g/mol. The number of hydrogen-bond acceptors (Lipinski definition) is 5. The molecule has 1 aromatic carbocycles. The van der Waals surface area contributed by atoms with Crippen molar-refractivity contribution in [3.8, 4) is 16.9 Å². The molecule has 0 saturated carbocycles. The van der Waals surface area contributed by atoms with Crippen LogP contribution in [0.2, 0.25) is 0 Å². The largest absolute Gasteiger partial charge is 0.396 e. The quantitative estimate of drug-likeness (QED) is 0.592. The smallest absolute Gasteiger partial charge is 0.294 e. The van der Waals surface area contributed by atoms with Gasteiger partial charge in [0.05, 0.1) is 16.8 Å². The summed E-state index contributed by atoms with van der Waals surface area (Å²) in [6.45, 7) is 0. The zero-order valence-corrected chi connectivity index (χ0v) is 11.1. The minimum absolute atomic E-state index is 0.00753. The first-order valence-corrected chi connectivity index (χ1v) is 6.72. The van der Waals surface area contributed by atoms with Crippen LogP contribution in [0.3, 0.4) is 0 Å². The number of nitro groups is 1. The minimum Gasteiger partial charge on any atom is -0.396 e. The van der Waals surface area contributed by atoms with Gasteiger partial charge >= 0.3 is 0 Å². The Hall–Kier alpha value is -2.67. The second-order valence-electron chi connectivity index (χ2n) is 4.14.